The van der Waals surface area contributed by atoms with E-state index in [4.69, 9.17) is 14.2 Å². The maximum atomic E-state index is 12.6. The first-order chi connectivity index (χ1) is 18.1. The van der Waals surface area contributed by atoms with Gasteiger partial charge in [0.05, 0.1) is 23.4 Å². The van der Waals surface area contributed by atoms with Gasteiger partial charge in [-0.15, -0.1) is 0 Å². The van der Waals surface area contributed by atoms with Crippen molar-refractivity contribution in [3.63, 3.8) is 0 Å². The highest BCUT2D eigenvalue weighted by Crippen LogP contribution is 2.42. The van der Waals surface area contributed by atoms with E-state index in [0.29, 0.717) is 0 Å². The standard InChI is InChI=1S/C28H46O12/c1-11-14(6)26(35)40-23-17(29)16(20(22(32)28(23,10)37)39-25(34)13(4)5)15(7)19(38-24(33)12(2)3)18(30)21(31)27(8,9)36/h11-13,16-23,29-32,36-37H,7H2,1-6,8-10H3/b14-11-. The van der Waals surface area contributed by atoms with E-state index in [0.717, 1.165) is 6.92 Å². The fourth-order valence-corrected chi connectivity index (χ4v) is 4.18. The molecule has 9 atom stereocenters. The van der Waals surface area contributed by atoms with E-state index in [1.807, 2.05) is 0 Å². The van der Waals surface area contributed by atoms with Crippen molar-refractivity contribution in [1.29, 1.82) is 0 Å². The third kappa shape index (κ3) is 7.89. The van der Waals surface area contributed by atoms with Crippen molar-refractivity contribution in [2.75, 3.05) is 0 Å². The molecule has 1 fully saturated rings. The van der Waals surface area contributed by atoms with Gasteiger partial charge < -0.3 is 44.8 Å². The van der Waals surface area contributed by atoms with Gasteiger partial charge >= 0.3 is 17.9 Å². The summed E-state index contributed by atoms with van der Waals surface area (Å²) < 4.78 is 16.3. The van der Waals surface area contributed by atoms with Gasteiger partial charge in [-0.05, 0) is 40.2 Å². The molecule has 0 aliphatic heterocycles. The van der Waals surface area contributed by atoms with Crippen LogP contribution < -0.4 is 0 Å². The number of aliphatic hydroxyl groups is 6. The van der Waals surface area contributed by atoms with Gasteiger partial charge in [0.2, 0.25) is 0 Å². The molecule has 0 bridgehead atoms. The molecule has 230 valence electrons. The number of rotatable bonds is 11. The normalized spacial score (nSPS) is 29.9. The summed E-state index contributed by atoms with van der Waals surface area (Å²) in [4.78, 5) is 37.8. The maximum absolute atomic E-state index is 12.6. The molecule has 12 heteroatoms. The van der Waals surface area contributed by atoms with Crippen molar-refractivity contribution in [3.8, 4) is 0 Å². The molecule has 0 radical (unpaired) electrons. The number of hydrogen-bond acceptors (Lipinski definition) is 12. The van der Waals surface area contributed by atoms with Crippen LogP contribution in [0.1, 0.15) is 62.3 Å². The van der Waals surface area contributed by atoms with Crippen LogP contribution in [0.25, 0.3) is 0 Å². The number of carbonyl (C=O) groups is 3. The van der Waals surface area contributed by atoms with E-state index in [-0.39, 0.29) is 11.1 Å². The van der Waals surface area contributed by atoms with Crippen molar-refractivity contribution in [3.05, 3.63) is 23.8 Å². The third-order valence-electron chi connectivity index (χ3n) is 7.10. The molecule has 6 N–H and O–H groups in total. The Morgan fingerprint density at radius 1 is 1.00 bits per heavy atom. The van der Waals surface area contributed by atoms with Crippen LogP contribution in [0, 0.1) is 17.8 Å². The zero-order chi connectivity index (χ0) is 31.5. The van der Waals surface area contributed by atoms with Crippen molar-refractivity contribution in [1.82, 2.24) is 0 Å². The molecule has 9 unspecified atom stereocenters. The highest BCUT2D eigenvalue weighted by molar-refractivity contribution is 5.87. The van der Waals surface area contributed by atoms with Gasteiger partial charge in [0.15, 0.2) is 12.2 Å². The largest absolute Gasteiger partial charge is 0.459 e. The second kappa shape index (κ2) is 13.5. The van der Waals surface area contributed by atoms with Gasteiger partial charge in [0, 0.05) is 5.57 Å². The highest BCUT2D eigenvalue weighted by atomic mass is 16.6. The fourth-order valence-electron chi connectivity index (χ4n) is 4.18. The predicted molar refractivity (Wildman–Crippen MR) is 142 cm³/mol. The number of carbonyl (C=O) groups excluding carboxylic acids is 3. The van der Waals surface area contributed by atoms with Gasteiger partial charge in [-0.3, -0.25) is 9.59 Å². The Labute approximate surface area is 235 Å². The van der Waals surface area contributed by atoms with Crippen LogP contribution >= 0.6 is 0 Å². The second-order valence-corrected chi connectivity index (χ2v) is 11.7. The summed E-state index contributed by atoms with van der Waals surface area (Å²) in [6.45, 7) is 16.4. The van der Waals surface area contributed by atoms with E-state index in [1.54, 1.807) is 6.92 Å². The molecule has 0 aromatic rings. The van der Waals surface area contributed by atoms with Crippen LogP contribution in [0.4, 0.5) is 0 Å². The lowest BCUT2D eigenvalue weighted by Gasteiger charge is -2.51. The quantitative estimate of drug-likeness (QED) is 0.0846. The lowest BCUT2D eigenvalue weighted by molar-refractivity contribution is -0.257. The molecular formula is C28H46O12. The van der Waals surface area contributed by atoms with Gasteiger partial charge in [-0.1, -0.05) is 40.3 Å². The Morgan fingerprint density at radius 2 is 1.50 bits per heavy atom. The lowest BCUT2D eigenvalue weighted by Crippen LogP contribution is -2.70. The van der Waals surface area contributed by atoms with Crippen molar-refractivity contribution < 1.29 is 59.2 Å². The average Bonchev–Trinajstić information content (AvgIpc) is 2.85. The van der Waals surface area contributed by atoms with Crippen LogP contribution in [-0.4, -0.2) is 102 Å². The number of hydrogen-bond donors (Lipinski definition) is 6. The molecule has 0 saturated heterocycles. The van der Waals surface area contributed by atoms with Gasteiger partial charge in [-0.2, -0.15) is 0 Å². The van der Waals surface area contributed by atoms with Crippen LogP contribution in [0.15, 0.2) is 23.8 Å². The van der Waals surface area contributed by atoms with Crippen molar-refractivity contribution >= 4 is 17.9 Å². The lowest BCUT2D eigenvalue weighted by atomic mass is 9.67. The summed E-state index contributed by atoms with van der Waals surface area (Å²) in [5.74, 6) is -5.59. The molecule has 0 aromatic heterocycles. The fraction of sp³-hybridized carbons (Fsp3) is 0.750. The SMILES string of the molecule is C=C(C(OC(=O)C(C)C)C(O)C(O)C(C)(C)O)C1C(O)C(OC(=O)/C(C)=C\C)C(C)(O)C(O)C1OC(=O)C(C)C. The van der Waals surface area contributed by atoms with E-state index < -0.39 is 89.6 Å². The molecule has 1 aliphatic rings. The Morgan fingerprint density at radius 3 is 1.93 bits per heavy atom. The van der Waals surface area contributed by atoms with Crippen LogP contribution in [0.2, 0.25) is 0 Å². The Kier molecular flexibility index (Phi) is 12.1. The topological polar surface area (TPSA) is 200 Å². The molecule has 1 rings (SSSR count). The van der Waals surface area contributed by atoms with Crippen LogP contribution in [-0.2, 0) is 28.6 Å². The third-order valence-corrected chi connectivity index (χ3v) is 7.10. The van der Waals surface area contributed by atoms with Crippen molar-refractivity contribution in [2.45, 2.75) is 116 Å². The number of aliphatic hydroxyl groups excluding tert-OH is 4. The molecule has 1 saturated carbocycles. The molecule has 0 aromatic carbocycles. The summed E-state index contributed by atoms with van der Waals surface area (Å²) in [5.41, 5.74) is -4.44. The van der Waals surface area contributed by atoms with Gasteiger partial charge in [0.25, 0.3) is 0 Å². The van der Waals surface area contributed by atoms with Gasteiger partial charge in [-0.25, -0.2) is 4.79 Å². The zero-order valence-corrected chi connectivity index (χ0v) is 24.7. The predicted octanol–water partition coefficient (Wildman–Crippen LogP) is 0.152. The summed E-state index contributed by atoms with van der Waals surface area (Å²) in [6.07, 6.45) is -11.7. The van der Waals surface area contributed by atoms with Crippen molar-refractivity contribution in [2.24, 2.45) is 17.8 Å². The first-order valence-electron chi connectivity index (χ1n) is 13.2. The van der Waals surface area contributed by atoms with E-state index in [2.05, 4.69) is 6.58 Å². The minimum Gasteiger partial charge on any atom is -0.459 e. The second-order valence-electron chi connectivity index (χ2n) is 11.7. The van der Waals surface area contributed by atoms with Gasteiger partial charge in [0.1, 0.15) is 36.1 Å². The number of esters is 3. The van der Waals surface area contributed by atoms with Crippen LogP contribution in [0.5, 0.6) is 0 Å². The average molecular weight is 575 g/mol. The zero-order valence-electron chi connectivity index (χ0n) is 24.7. The molecule has 12 nitrogen and oxygen atoms in total. The molecule has 40 heavy (non-hydrogen) atoms. The molecule has 0 amide bonds. The Hall–Kier alpha value is -2.35. The summed E-state index contributed by atoms with van der Waals surface area (Å²) in [7, 11) is 0. The number of allylic oxidation sites excluding steroid dienone is 1. The summed E-state index contributed by atoms with van der Waals surface area (Å²) >= 11 is 0. The molecule has 0 spiro atoms. The minimum absolute atomic E-state index is 0.133. The minimum atomic E-state index is -2.35. The Bertz CT molecular complexity index is 961. The van der Waals surface area contributed by atoms with E-state index in [9.17, 15) is 45.0 Å². The Balaban J connectivity index is 3.77. The monoisotopic (exact) mass is 574 g/mol. The van der Waals surface area contributed by atoms with Crippen LogP contribution in [0.3, 0.4) is 0 Å². The summed E-state index contributed by atoms with van der Waals surface area (Å²) in [5, 5.41) is 65.9. The number of ether oxygens (including phenoxy) is 3. The first kappa shape index (κ1) is 35.7. The highest BCUT2D eigenvalue weighted by Gasteiger charge is 2.61. The smallest absolute Gasteiger partial charge is 0.333 e. The maximum Gasteiger partial charge on any atom is 0.333 e. The van der Waals surface area contributed by atoms with E-state index in [1.165, 1.54) is 54.5 Å². The molecule has 0 heterocycles. The molecular weight excluding hydrogens is 528 g/mol. The van der Waals surface area contributed by atoms with E-state index >= 15 is 0 Å². The summed E-state index contributed by atoms with van der Waals surface area (Å²) in [6, 6.07) is 0. The molecule has 1 aliphatic carbocycles. The first-order valence-corrected chi connectivity index (χ1v) is 13.2.